The van der Waals surface area contributed by atoms with Gasteiger partial charge in [-0.2, -0.15) is 0 Å². The molecule has 0 spiro atoms. The van der Waals surface area contributed by atoms with Crippen molar-refractivity contribution in [1.82, 2.24) is 5.32 Å². The molecule has 0 saturated carbocycles. The van der Waals surface area contributed by atoms with Crippen LogP contribution < -0.4 is 10.1 Å². The van der Waals surface area contributed by atoms with E-state index in [1.807, 2.05) is 18.2 Å². The molecule has 4 heteroatoms. The maximum atomic E-state index is 11.9. The summed E-state index contributed by atoms with van der Waals surface area (Å²) < 4.78 is 5.67. The van der Waals surface area contributed by atoms with Gasteiger partial charge in [-0.1, -0.05) is 37.6 Å². The molecule has 0 radical (unpaired) electrons. The largest absolute Gasteiger partial charge is 0.492 e. The van der Waals surface area contributed by atoms with E-state index in [1.165, 1.54) is 5.56 Å². The van der Waals surface area contributed by atoms with Crippen LogP contribution in [-0.2, 0) is 0 Å². The third kappa shape index (κ3) is 4.78. The average Bonchev–Trinajstić information content (AvgIpc) is 2.52. The Bertz CT molecular complexity index is 623. The molecule has 2 aromatic carbocycles. The summed E-state index contributed by atoms with van der Waals surface area (Å²) in [4.78, 5) is 11.9. The fraction of sp³-hybridized carbons (Fsp3) is 0.278. The van der Waals surface area contributed by atoms with E-state index in [-0.39, 0.29) is 5.91 Å². The first-order valence-corrected chi connectivity index (χ1v) is 7.70. The lowest BCUT2D eigenvalue weighted by molar-refractivity contribution is 0.0947. The number of benzene rings is 2. The van der Waals surface area contributed by atoms with Gasteiger partial charge in [-0.25, -0.2) is 0 Å². The van der Waals surface area contributed by atoms with Gasteiger partial charge < -0.3 is 10.1 Å². The molecule has 0 atom stereocenters. The quantitative estimate of drug-likeness (QED) is 0.808. The molecule has 0 bridgehead atoms. The summed E-state index contributed by atoms with van der Waals surface area (Å²) in [6, 6.07) is 14.8. The molecule has 0 aliphatic heterocycles. The van der Waals surface area contributed by atoms with Crippen LogP contribution in [0.2, 0.25) is 5.02 Å². The first kappa shape index (κ1) is 16.4. The van der Waals surface area contributed by atoms with E-state index in [1.54, 1.807) is 24.3 Å². The van der Waals surface area contributed by atoms with Crippen LogP contribution in [-0.4, -0.2) is 19.1 Å². The average molecular weight is 318 g/mol. The van der Waals surface area contributed by atoms with Crippen LogP contribution in [0.1, 0.15) is 35.7 Å². The Kier molecular flexibility index (Phi) is 5.84. The van der Waals surface area contributed by atoms with Crippen LogP contribution in [0.4, 0.5) is 0 Å². The van der Waals surface area contributed by atoms with Gasteiger partial charge in [0, 0.05) is 10.6 Å². The van der Waals surface area contributed by atoms with Crippen LogP contribution in [0.15, 0.2) is 48.5 Å². The molecule has 2 aromatic rings. The van der Waals surface area contributed by atoms with Gasteiger partial charge >= 0.3 is 0 Å². The van der Waals surface area contributed by atoms with Crippen molar-refractivity contribution in [2.45, 2.75) is 19.8 Å². The molecule has 0 saturated heterocycles. The highest BCUT2D eigenvalue weighted by molar-refractivity contribution is 6.30. The molecule has 0 fully saturated rings. The van der Waals surface area contributed by atoms with Gasteiger partial charge in [-0.15, -0.1) is 0 Å². The molecule has 0 unspecified atom stereocenters. The first-order chi connectivity index (χ1) is 10.6. The minimum absolute atomic E-state index is 0.129. The third-order valence-electron chi connectivity index (χ3n) is 3.29. The minimum atomic E-state index is -0.129. The van der Waals surface area contributed by atoms with Gasteiger partial charge in [0.25, 0.3) is 5.91 Å². The smallest absolute Gasteiger partial charge is 0.251 e. The van der Waals surface area contributed by atoms with E-state index in [0.29, 0.717) is 29.7 Å². The van der Waals surface area contributed by atoms with Crippen LogP contribution in [0.3, 0.4) is 0 Å². The van der Waals surface area contributed by atoms with Crippen molar-refractivity contribution in [3.05, 3.63) is 64.7 Å². The highest BCUT2D eigenvalue weighted by Crippen LogP contribution is 2.19. The maximum Gasteiger partial charge on any atom is 0.251 e. The molecule has 0 heterocycles. The second-order valence-corrected chi connectivity index (χ2v) is 5.77. The zero-order valence-electron chi connectivity index (χ0n) is 12.8. The van der Waals surface area contributed by atoms with Gasteiger partial charge in [0.1, 0.15) is 12.4 Å². The second kappa shape index (κ2) is 7.85. The van der Waals surface area contributed by atoms with E-state index in [0.717, 1.165) is 5.75 Å². The zero-order valence-corrected chi connectivity index (χ0v) is 13.6. The lowest BCUT2D eigenvalue weighted by atomic mass is 10.0. The van der Waals surface area contributed by atoms with Crippen molar-refractivity contribution in [2.24, 2.45) is 0 Å². The SMILES string of the molecule is CC(C)c1cccc(OCCNC(=O)c2ccc(Cl)cc2)c1. The second-order valence-electron chi connectivity index (χ2n) is 5.34. The Balaban J connectivity index is 1.78. The summed E-state index contributed by atoms with van der Waals surface area (Å²) in [6.07, 6.45) is 0. The van der Waals surface area contributed by atoms with E-state index in [2.05, 4.69) is 25.2 Å². The van der Waals surface area contributed by atoms with Gasteiger partial charge in [-0.05, 0) is 47.9 Å². The number of nitrogens with one attached hydrogen (secondary N) is 1. The number of hydrogen-bond acceptors (Lipinski definition) is 2. The van der Waals surface area contributed by atoms with Crippen molar-refractivity contribution < 1.29 is 9.53 Å². The monoisotopic (exact) mass is 317 g/mol. The highest BCUT2D eigenvalue weighted by atomic mass is 35.5. The molecule has 0 aliphatic rings. The molecule has 0 aromatic heterocycles. The topological polar surface area (TPSA) is 38.3 Å². The van der Waals surface area contributed by atoms with E-state index < -0.39 is 0 Å². The van der Waals surface area contributed by atoms with Crippen molar-refractivity contribution in [1.29, 1.82) is 0 Å². The summed E-state index contributed by atoms with van der Waals surface area (Å²) in [5.41, 5.74) is 1.83. The zero-order chi connectivity index (χ0) is 15.9. The molecule has 3 nitrogen and oxygen atoms in total. The first-order valence-electron chi connectivity index (χ1n) is 7.33. The molecule has 22 heavy (non-hydrogen) atoms. The molecule has 0 aliphatic carbocycles. The number of amides is 1. The Morgan fingerprint density at radius 2 is 1.91 bits per heavy atom. The van der Waals surface area contributed by atoms with Gasteiger partial charge in [-0.3, -0.25) is 4.79 Å². The Hall–Kier alpha value is -2.00. The minimum Gasteiger partial charge on any atom is -0.492 e. The van der Waals surface area contributed by atoms with Crippen LogP contribution in [0, 0.1) is 0 Å². The summed E-state index contributed by atoms with van der Waals surface area (Å²) in [7, 11) is 0. The Morgan fingerprint density at radius 1 is 1.18 bits per heavy atom. The van der Waals surface area contributed by atoms with Gasteiger partial charge in [0.2, 0.25) is 0 Å². The number of rotatable bonds is 6. The molecule has 116 valence electrons. The van der Waals surface area contributed by atoms with E-state index >= 15 is 0 Å². The van der Waals surface area contributed by atoms with Crippen molar-refractivity contribution in [3.8, 4) is 5.75 Å². The highest BCUT2D eigenvalue weighted by Gasteiger charge is 2.05. The lowest BCUT2D eigenvalue weighted by Gasteiger charge is -2.10. The maximum absolute atomic E-state index is 11.9. The molecular weight excluding hydrogens is 298 g/mol. The molecule has 1 N–H and O–H groups in total. The van der Waals surface area contributed by atoms with Crippen LogP contribution in [0.5, 0.6) is 5.75 Å². The summed E-state index contributed by atoms with van der Waals surface area (Å²) in [5, 5.41) is 3.43. The van der Waals surface area contributed by atoms with Crippen molar-refractivity contribution in [2.75, 3.05) is 13.2 Å². The van der Waals surface area contributed by atoms with Gasteiger partial charge in [0.15, 0.2) is 0 Å². The van der Waals surface area contributed by atoms with E-state index in [4.69, 9.17) is 16.3 Å². The number of halogens is 1. The summed E-state index contributed by atoms with van der Waals surface area (Å²) in [6.45, 7) is 5.17. The number of carbonyl (C=O) groups excluding carboxylic acids is 1. The summed E-state index contributed by atoms with van der Waals surface area (Å²) >= 11 is 5.79. The predicted molar refractivity (Wildman–Crippen MR) is 89.8 cm³/mol. The number of ether oxygens (including phenoxy) is 1. The number of hydrogen-bond donors (Lipinski definition) is 1. The van der Waals surface area contributed by atoms with Crippen molar-refractivity contribution >= 4 is 17.5 Å². The molecular formula is C18H20ClNO2. The van der Waals surface area contributed by atoms with Crippen molar-refractivity contribution in [3.63, 3.8) is 0 Å². The van der Waals surface area contributed by atoms with E-state index in [9.17, 15) is 4.79 Å². The fourth-order valence-corrected chi connectivity index (χ4v) is 2.13. The van der Waals surface area contributed by atoms with Gasteiger partial charge in [0.05, 0.1) is 6.54 Å². The third-order valence-corrected chi connectivity index (χ3v) is 3.54. The normalized spacial score (nSPS) is 10.5. The summed E-state index contributed by atoms with van der Waals surface area (Å²) in [5.74, 6) is 1.16. The lowest BCUT2D eigenvalue weighted by Crippen LogP contribution is -2.28. The molecule has 1 amide bonds. The standard InChI is InChI=1S/C18H20ClNO2/c1-13(2)15-4-3-5-17(12-15)22-11-10-20-18(21)14-6-8-16(19)9-7-14/h3-9,12-13H,10-11H2,1-2H3,(H,20,21). The molecule has 2 rings (SSSR count). The predicted octanol–water partition coefficient (Wildman–Crippen LogP) is 4.27. The number of carbonyl (C=O) groups is 1. The van der Waals surface area contributed by atoms with Crippen LogP contribution >= 0.6 is 11.6 Å². The Morgan fingerprint density at radius 3 is 2.59 bits per heavy atom. The fourth-order valence-electron chi connectivity index (χ4n) is 2.00. The van der Waals surface area contributed by atoms with Crippen LogP contribution in [0.25, 0.3) is 0 Å². The Labute approximate surface area is 136 Å².